The summed E-state index contributed by atoms with van der Waals surface area (Å²) >= 11 is 0. The van der Waals surface area contributed by atoms with Crippen LogP contribution in [0.5, 0.6) is 0 Å². The lowest BCUT2D eigenvalue weighted by Crippen LogP contribution is -2.30. The number of aliphatic hydroxyl groups excluding tert-OH is 1. The third-order valence-electron chi connectivity index (χ3n) is 3.15. The van der Waals surface area contributed by atoms with Crippen LogP contribution in [0.2, 0.25) is 0 Å². The Labute approximate surface area is 92.8 Å². The van der Waals surface area contributed by atoms with Crippen molar-refractivity contribution in [3.05, 3.63) is 0 Å². The van der Waals surface area contributed by atoms with Gasteiger partial charge in [0.2, 0.25) is 0 Å². The molecule has 0 aromatic carbocycles. The van der Waals surface area contributed by atoms with Crippen LogP contribution >= 0.6 is 0 Å². The zero-order chi connectivity index (χ0) is 11.1. The Morgan fingerprint density at radius 2 is 1.87 bits per heavy atom. The summed E-state index contributed by atoms with van der Waals surface area (Å²) in [5, 5.41) is 9.93. The number of hydrogen-bond donors (Lipinski definition) is 1. The summed E-state index contributed by atoms with van der Waals surface area (Å²) in [5.41, 5.74) is 0. The zero-order valence-electron chi connectivity index (χ0n) is 9.95. The molecule has 0 bridgehead atoms. The van der Waals surface area contributed by atoms with Gasteiger partial charge in [0.1, 0.15) is 0 Å². The van der Waals surface area contributed by atoms with Crippen molar-refractivity contribution in [1.82, 2.24) is 0 Å². The minimum absolute atomic E-state index is 0.0771. The lowest BCUT2D eigenvalue weighted by Gasteiger charge is -2.27. The SMILES string of the molecule is COCC(C)OCC(O)C1CCCCC1. The Morgan fingerprint density at radius 3 is 2.47 bits per heavy atom. The van der Waals surface area contributed by atoms with Gasteiger partial charge in [-0.3, -0.25) is 0 Å². The second kappa shape index (κ2) is 7.20. The highest BCUT2D eigenvalue weighted by atomic mass is 16.5. The molecule has 0 saturated heterocycles. The van der Waals surface area contributed by atoms with Crippen LogP contribution in [0.1, 0.15) is 39.0 Å². The van der Waals surface area contributed by atoms with E-state index < -0.39 is 0 Å². The molecule has 1 aliphatic carbocycles. The highest BCUT2D eigenvalue weighted by Crippen LogP contribution is 2.26. The first-order chi connectivity index (χ1) is 7.24. The topological polar surface area (TPSA) is 38.7 Å². The van der Waals surface area contributed by atoms with Crippen LogP contribution in [0, 0.1) is 5.92 Å². The van der Waals surface area contributed by atoms with Crippen LogP contribution < -0.4 is 0 Å². The predicted octanol–water partition coefficient (Wildman–Crippen LogP) is 1.98. The molecule has 0 amide bonds. The van der Waals surface area contributed by atoms with Gasteiger partial charge in [0.15, 0.2) is 0 Å². The lowest BCUT2D eigenvalue weighted by molar-refractivity contribution is -0.0525. The standard InChI is InChI=1S/C12H24O3/c1-10(8-14-2)15-9-12(13)11-6-4-3-5-7-11/h10-13H,3-9H2,1-2H3. The molecule has 0 aromatic heterocycles. The van der Waals surface area contributed by atoms with E-state index in [-0.39, 0.29) is 12.2 Å². The van der Waals surface area contributed by atoms with Gasteiger partial charge in [-0.15, -0.1) is 0 Å². The minimum atomic E-state index is -0.287. The summed E-state index contributed by atoms with van der Waals surface area (Å²) in [7, 11) is 1.66. The van der Waals surface area contributed by atoms with E-state index in [4.69, 9.17) is 9.47 Å². The maximum atomic E-state index is 9.93. The van der Waals surface area contributed by atoms with Crippen LogP contribution in [0.3, 0.4) is 0 Å². The fourth-order valence-electron chi connectivity index (χ4n) is 2.20. The molecule has 3 heteroatoms. The highest BCUT2D eigenvalue weighted by Gasteiger charge is 2.22. The zero-order valence-corrected chi connectivity index (χ0v) is 9.95. The molecule has 0 aromatic rings. The first-order valence-corrected chi connectivity index (χ1v) is 6.02. The Hall–Kier alpha value is -0.120. The van der Waals surface area contributed by atoms with Crippen molar-refractivity contribution < 1.29 is 14.6 Å². The maximum absolute atomic E-state index is 9.93. The first kappa shape index (κ1) is 12.9. The average Bonchev–Trinajstić information content (AvgIpc) is 2.27. The summed E-state index contributed by atoms with van der Waals surface area (Å²) in [6, 6.07) is 0. The van der Waals surface area contributed by atoms with Gasteiger partial charge < -0.3 is 14.6 Å². The van der Waals surface area contributed by atoms with E-state index in [0.717, 1.165) is 12.8 Å². The molecule has 1 aliphatic rings. The van der Waals surface area contributed by atoms with Crippen LogP contribution in [0.25, 0.3) is 0 Å². The molecule has 15 heavy (non-hydrogen) atoms. The van der Waals surface area contributed by atoms with E-state index in [1.807, 2.05) is 6.92 Å². The molecule has 2 atom stereocenters. The summed E-state index contributed by atoms with van der Waals surface area (Å²) in [6.45, 7) is 3.02. The molecule has 1 rings (SSSR count). The van der Waals surface area contributed by atoms with Crippen LogP contribution in [-0.2, 0) is 9.47 Å². The van der Waals surface area contributed by atoms with Crippen molar-refractivity contribution in [2.24, 2.45) is 5.92 Å². The lowest BCUT2D eigenvalue weighted by atomic mass is 9.85. The highest BCUT2D eigenvalue weighted by molar-refractivity contribution is 4.73. The third kappa shape index (κ3) is 4.96. The second-order valence-corrected chi connectivity index (χ2v) is 4.56. The minimum Gasteiger partial charge on any atom is -0.390 e. The Kier molecular flexibility index (Phi) is 6.22. The van der Waals surface area contributed by atoms with Gasteiger partial charge in [-0.1, -0.05) is 19.3 Å². The van der Waals surface area contributed by atoms with E-state index in [1.165, 1.54) is 19.3 Å². The Balaban J connectivity index is 2.13. The average molecular weight is 216 g/mol. The van der Waals surface area contributed by atoms with E-state index in [9.17, 15) is 5.11 Å². The molecule has 0 aliphatic heterocycles. The van der Waals surface area contributed by atoms with Gasteiger partial charge >= 0.3 is 0 Å². The first-order valence-electron chi connectivity index (χ1n) is 6.02. The second-order valence-electron chi connectivity index (χ2n) is 4.56. The molecule has 0 spiro atoms. The summed E-state index contributed by atoms with van der Waals surface area (Å²) in [6.07, 6.45) is 5.94. The van der Waals surface area contributed by atoms with Crippen LogP contribution in [0.4, 0.5) is 0 Å². The van der Waals surface area contributed by atoms with Crippen molar-refractivity contribution >= 4 is 0 Å². The van der Waals surface area contributed by atoms with Gasteiger partial charge in [-0.25, -0.2) is 0 Å². The molecular weight excluding hydrogens is 192 g/mol. The van der Waals surface area contributed by atoms with Crippen LogP contribution in [0.15, 0.2) is 0 Å². The van der Waals surface area contributed by atoms with Gasteiger partial charge in [-0.2, -0.15) is 0 Å². The number of rotatable bonds is 6. The van der Waals surface area contributed by atoms with Gasteiger partial charge in [0, 0.05) is 7.11 Å². The summed E-state index contributed by atoms with van der Waals surface area (Å²) < 4.78 is 10.5. The fourth-order valence-corrected chi connectivity index (χ4v) is 2.20. The molecule has 0 radical (unpaired) electrons. The Bertz CT molecular complexity index is 155. The molecular formula is C12H24O3. The van der Waals surface area contributed by atoms with E-state index >= 15 is 0 Å². The van der Waals surface area contributed by atoms with E-state index in [0.29, 0.717) is 19.1 Å². The molecule has 1 saturated carbocycles. The van der Waals surface area contributed by atoms with Crippen molar-refractivity contribution in [3.8, 4) is 0 Å². The van der Waals surface area contributed by atoms with E-state index in [1.54, 1.807) is 7.11 Å². The number of aliphatic hydroxyl groups is 1. The largest absolute Gasteiger partial charge is 0.390 e. The molecule has 1 N–H and O–H groups in total. The van der Waals surface area contributed by atoms with E-state index in [2.05, 4.69) is 0 Å². The number of hydrogen-bond acceptors (Lipinski definition) is 3. The predicted molar refractivity (Wildman–Crippen MR) is 59.9 cm³/mol. The molecule has 1 fully saturated rings. The van der Waals surface area contributed by atoms with Crippen molar-refractivity contribution in [2.45, 2.75) is 51.2 Å². The van der Waals surface area contributed by atoms with Gasteiger partial charge in [0.25, 0.3) is 0 Å². The van der Waals surface area contributed by atoms with Crippen molar-refractivity contribution in [1.29, 1.82) is 0 Å². The van der Waals surface area contributed by atoms with Gasteiger partial charge in [-0.05, 0) is 25.7 Å². The third-order valence-corrected chi connectivity index (χ3v) is 3.15. The molecule has 90 valence electrons. The molecule has 0 heterocycles. The molecule has 3 nitrogen and oxygen atoms in total. The Morgan fingerprint density at radius 1 is 1.20 bits per heavy atom. The maximum Gasteiger partial charge on any atom is 0.0801 e. The summed E-state index contributed by atoms with van der Waals surface area (Å²) in [5.74, 6) is 0.452. The van der Waals surface area contributed by atoms with Crippen molar-refractivity contribution in [2.75, 3.05) is 20.3 Å². The quantitative estimate of drug-likeness (QED) is 0.738. The van der Waals surface area contributed by atoms with Gasteiger partial charge in [0.05, 0.1) is 25.4 Å². The fraction of sp³-hybridized carbons (Fsp3) is 1.00. The number of methoxy groups -OCH3 is 1. The van der Waals surface area contributed by atoms with Crippen LogP contribution in [-0.4, -0.2) is 37.6 Å². The monoisotopic (exact) mass is 216 g/mol. The van der Waals surface area contributed by atoms with Crippen molar-refractivity contribution in [3.63, 3.8) is 0 Å². The smallest absolute Gasteiger partial charge is 0.0801 e. The summed E-state index contributed by atoms with van der Waals surface area (Å²) in [4.78, 5) is 0. The normalized spacial score (nSPS) is 22.6. The molecule has 2 unspecified atom stereocenters. The number of ether oxygens (including phenoxy) is 2.